The lowest BCUT2D eigenvalue weighted by Crippen LogP contribution is -2.63. The average molecular weight is 441 g/mol. The summed E-state index contributed by atoms with van der Waals surface area (Å²) in [6.45, 7) is 8.57. The molecular formula is C25H33FN4O2. The highest BCUT2D eigenvalue weighted by molar-refractivity contribution is 5.93. The lowest BCUT2D eigenvalue weighted by atomic mass is 9.86. The Morgan fingerprint density at radius 3 is 2.50 bits per heavy atom. The van der Waals surface area contributed by atoms with Gasteiger partial charge in [0.15, 0.2) is 0 Å². The van der Waals surface area contributed by atoms with E-state index < -0.39 is 5.82 Å². The molecule has 0 atom stereocenters. The van der Waals surface area contributed by atoms with Gasteiger partial charge in [-0.1, -0.05) is 37.3 Å². The van der Waals surface area contributed by atoms with Crippen molar-refractivity contribution in [3.63, 3.8) is 0 Å². The minimum Gasteiger partial charge on any atom is -0.381 e. The smallest absolute Gasteiger partial charge is 0.226 e. The van der Waals surface area contributed by atoms with Gasteiger partial charge in [-0.25, -0.2) is 4.39 Å². The molecule has 32 heavy (non-hydrogen) atoms. The molecule has 172 valence electrons. The van der Waals surface area contributed by atoms with Crippen LogP contribution in [0.2, 0.25) is 0 Å². The first-order chi connectivity index (χ1) is 15.6. The number of amides is 1. The molecule has 4 rings (SSSR count). The van der Waals surface area contributed by atoms with Crippen molar-refractivity contribution < 1.29 is 13.9 Å². The van der Waals surface area contributed by atoms with Gasteiger partial charge in [-0.15, -0.1) is 0 Å². The predicted octanol–water partition coefficient (Wildman–Crippen LogP) is 3.33. The minimum absolute atomic E-state index is 0.00835. The first-order valence-corrected chi connectivity index (χ1v) is 11.6. The quantitative estimate of drug-likeness (QED) is 0.661. The molecule has 0 saturated carbocycles. The standard InChI is InChI=1S/C25H33FN4O2/c1-2-24(31)30(23-16-22(26)17-27-18-23)20-25(8-14-32-15-9-25)29-12-10-28(11-13-29)19-21-6-4-3-5-7-21/h3-7,16-18H,2,8-15,19-20H2,1H3. The van der Waals surface area contributed by atoms with Crippen LogP contribution in [0.3, 0.4) is 0 Å². The van der Waals surface area contributed by atoms with Crippen LogP contribution in [0.25, 0.3) is 0 Å². The van der Waals surface area contributed by atoms with E-state index in [0.717, 1.165) is 45.6 Å². The van der Waals surface area contributed by atoms with Crippen LogP contribution in [0.1, 0.15) is 31.7 Å². The molecule has 1 aromatic carbocycles. The average Bonchev–Trinajstić information content (AvgIpc) is 2.84. The fraction of sp³-hybridized carbons (Fsp3) is 0.520. The van der Waals surface area contributed by atoms with E-state index in [9.17, 15) is 9.18 Å². The molecule has 0 aliphatic carbocycles. The van der Waals surface area contributed by atoms with Crippen LogP contribution < -0.4 is 4.90 Å². The van der Waals surface area contributed by atoms with E-state index in [-0.39, 0.29) is 11.4 Å². The summed E-state index contributed by atoms with van der Waals surface area (Å²) >= 11 is 0. The van der Waals surface area contributed by atoms with Crippen molar-refractivity contribution >= 4 is 11.6 Å². The number of ether oxygens (including phenoxy) is 1. The molecule has 0 bridgehead atoms. The third-order valence-corrected chi connectivity index (χ3v) is 6.77. The number of pyridine rings is 1. The Balaban J connectivity index is 1.50. The van der Waals surface area contributed by atoms with Crippen LogP contribution in [0.5, 0.6) is 0 Å². The van der Waals surface area contributed by atoms with Crippen LogP contribution in [-0.4, -0.2) is 72.2 Å². The molecule has 0 unspecified atom stereocenters. The van der Waals surface area contributed by atoms with Gasteiger partial charge < -0.3 is 9.64 Å². The molecule has 6 nitrogen and oxygen atoms in total. The van der Waals surface area contributed by atoms with E-state index in [0.29, 0.717) is 31.9 Å². The fourth-order valence-electron chi connectivity index (χ4n) is 4.90. The normalized spacial score (nSPS) is 19.6. The Morgan fingerprint density at radius 2 is 1.84 bits per heavy atom. The molecule has 7 heteroatoms. The topological polar surface area (TPSA) is 48.9 Å². The number of aromatic nitrogens is 1. The molecule has 2 fully saturated rings. The van der Waals surface area contributed by atoms with Crippen LogP contribution in [0, 0.1) is 5.82 Å². The van der Waals surface area contributed by atoms with Crippen molar-refractivity contribution in [3.8, 4) is 0 Å². The molecule has 2 aliphatic rings. The van der Waals surface area contributed by atoms with Crippen molar-refractivity contribution in [2.75, 3.05) is 50.8 Å². The highest BCUT2D eigenvalue weighted by Crippen LogP contribution is 2.32. The molecule has 0 N–H and O–H groups in total. The number of rotatable bonds is 7. The van der Waals surface area contributed by atoms with Crippen LogP contribution in [0.4, 0.5) is 10.1 Å². The van der Waals surface area contributed by atoms with Gasteiger partial charge in [0.2, 0.25) is 5.91 Å². The summed E-state index contributed by atoms with van der Waals surface area (Å²) < 4.78 is 19.6. The molecule has 0 spiro atoms. The summed E-state index contributed by atoms with van der Waals surface area (Å²) in [7, 11) is 0. The van der Waals surface area contributed by atoms with Gasteiger partial charge in [0, 0.05) is 70.5 Å². The number of hydrogen-bond acceptors (Lipinski definition) is 5. The molecule has 2 aliphatic heterocycles. The summed E-state index contributed by atoms with van der Waals surface area (Å²) in [6, 6.07) is 12.0. The van der Waals surface area contributed by atoms with E-state index in [1.165, 1.54) is 17.8 Å². The summed E-state index contributed by atoms with van der Waals surface area (Å²) in [4.78, 5) is 23.6. The third kappa shape index (κ3) is 5.34. The Bertz CT molecular complexity index is 881. The number of carbonyl (C=O) groups excluding carboxylic acids is 1. The monoisotopic (exact) mass is 440 g/mol. The van der Waals surface area contributed by atoms with E-state index in [2.05, 4.69) is 39.0 Å². The minimum atomic E-state index is -0.424. The second kappa shape index (κ2) is 10.5. The lowest BCUT2D eigenvalue weighted by molar-refractivity contribution is -0.119. The summed E-state index contributed by atoms with van der Waals surface area (Å²) in [6.07, 6.45) is 4.85. The predicted molar refractivity (Wildman–Crippen MR) is 123 cm³/mol. The summed E-state index contributed by atoms with van der Waals surface area (Å²) in [5.74, 6) is -0.432. The molecule has 2 saturated heterocycles. The number of piperazine rings is 1. The second-order valence-corrected chi connectivity index (χ2v) is 8.78. The van der Waals surface area contributed by atoms with E-state index in [1.807, 2.05) is 13.0 Å². The second-order valence-electron chi connectivity index (χ2n) is 8.78. The fourth-order valence-corrected chi connectivity index (χ4v) is 4.90. The number of carbonyl (C=O) groups is 1. The van der Waals surface area contributed by atoms with Gasteiger partial charge in [0.1, 0.15) is 5.82 Å². The molecule has 2 aromatic rings. The zero-order valence-electron chi connectivity index (χ0n) is 18.9. The van der Waals surface area contributed by atoms with E-state index in [1.54, 1.807) is 11.1 Å². The van der Waals surface area contributed by atoms with E-state index in [4.69, 9.17) is 4.74 Å². The first kappa shape index (κ1) is 22.8. The van der Waals surface area contributed by atoms with Crippen LogP contribution in [-0.2, 0) is 16.1 Å². The molecular weight excluding hydrogens is 407 g/mol. The third-order valence-electron chi connectivity index (χ3n) is 6.77. The number of anilines is 1. The van der Waals surface area contributed by atoms with Crippen molar-refractivity contribution in [1.82, 2.24) is 14.8 Å². The molecule has 3 heterocycles. The number of nitrogens with zero attached hydrogens (tertiary/aromatic N) is 4. The molecule has 0 radical (unpaired) electrons. The molecule has 1 aromatic heterocycles. The van der Waals surface area contributed by atoms with E-state index >= 15 is 0 Å². The van der Waals surface area contributed by atoms with Crippen molar-refractivity contribution in [1.29, 1.82) is 0 Å². The number of benzene rings is 1. The maximum atomic E-state index is 13.9. The van der Waals surface area contributed by atoms with Crippen LogP contribution >= 0.6 is 0 Å². The first-order valence-electron chi connectivity index (χ1n) is 11.6. The maximum absolute atomic E-state index is 13.9. The Kier molecular flexibility index (Phi) is 7.50. The number of halogens is 1. The maximum Gasteiger partial charge on any atom is 0.226 e. The van der Waals surface area contributed by atoms with Gasteiger partial charge in [0.05, 0.1) is 18.1 Å². The Labute approximate surface area is 190 Å². The highest BCUT2D eigenvalue weighted by atomic mass is 19.1. The zero-order chi connectivity index (χ0) is 22.4. The van der Waals surface area contributed by atoms with Crippen molar-refractivity contribution in [2.24, 2.45) is 0 Å². The van der Waals surface area contributed by atoms with Gasteiger partial charge in [-0.2, -0.15) is 0 Å². The summed E-state index contributed by atoms with van der Waals surface area (Å²) in [5.41, 5.74) is 1.69. The van der Waals surface area contributed by atoms with Crippen molar-refractivity contribution in [2.45, 2.75) is 38.3 Å². The Hall–Kier alpha value is -2.35. The van der Waals surface area contributed by atoms with Gasteiger partial charge >= 0.3 is 0 Å². The van der Waals surface area contributed by atoms with Gasteiger partial charge in [0.25, 0.3) is 0 Å². The zero-order valence-corrected chi connectivity index (χ0v) is 18.9. The SMILES string of the molecule is CCC(=O)N(CC1(N2CCN(Cc3ccccc3)CC2)CCOCC1)c1cncc(F)c1. The number of hydrogen-bond donors (Lipinski definition) is 0. The Morgan fingerprint density at radius 1 is 1.12 bits per heavy atom. The van der Waals surface area contributed by atoms with Crippen molar-refractivity contribution in [3.05, 3.63) is 60.2 Å². The van der Waals surface area contributed by atoms with Crippen LogP contribution in [0.15, 0.2) is 48.8 Å². The highest BCUT2D eigenvalue weighted by Gasteiger charge is 2.42. The largest absolute Gasteiger partial charge is 0.381 e. The van der Waals surface area contributed by atoms with Gasteiger partial charge in [-0.05, 0) is 18.4 Å². The van der Waals surface area contributed by atoms with Gasteiger partial charge in [-0.3, -0.25) is 19.6 Å². The lowest BCUT2D eigenvalue weighted by Gasteiger charge is -2.51. The summed E-state index contributed by atoms with van der Waals surface area (Å²) in [5, 5.41) is 0. The molecule has 1 amide bonds.